The van der Waals surface area contributed by atoms with Crippen LogP contribution in [0.5, 0.6) is 0 Å². The van der Waals surface area contributed by atoms with Gasteiger partial charge in [-0.2, -0.15) is 0 Å². The largest absolute Gasteiger partial charge is 0.443 e. The number of ether oxygens (including phenoxy) is 2. The van der Waals surface area contributed by atoms with Gasteiger partial charge in [0.1, 0.15) is 5.60 Å². The molecule has 2 saturated carbocycles. The first-order valence-electron chi connectivity index (χ1n) is 8.64. The molecule has 3 fully saturated rings. The van der Waals surface area contributed by atoms with Gasteiger partial charge in [-0.1, -0.05) is 18.2 Å². The minimum atomic E-state index is -0.975. The van der Waals surface area contributed by atoms with Crippen LogP contribution in [0.15, 0.2) is 24.3 Å². The second kappa shape index (κ2) is 3.85. The Morgan fingerprint density at radius 1 is 1.17 bits per heavy atom. The number of para-hydroxylation sites is 1. The quantitative estimate of drug-likeness (QED) is 0.732. The van der Waals surface area contributed by atoms with Crippen molar-refractivity contribution in [2.45, 2.75) is 63.3 Å². The van der Waals surface area contributed by atoms with E-state index < -0.39 is 17.3 Å². The van der Waals surface area contributed by atoms with Gasteiger partial charge in [-0.25, -0.2) is 9.69 Å². The normalized spacial score (nSPS) is 30.5. The first kappa shape index (κ1) is 14.5. The van der Waals surface area contributed by atoms with Gasteiger partial charge in [0.2, 0.25) is 0 Å². The van der Waals surface area contributed by atoms with Crippen LogP contribution in [-0.4, -0.2) is 23.2 Å². The van der Waals surface area contributed by atoms with Crippen molar-refractivity contribution in [3.8, 4) is 0 Å². The van der Waals surface area contributed by atoms with E-state index in [2.05, 4.69) is 0 Å². The Morgan fingerprint density at radius 2 is 1.83 bits per heavy atom. The van der Waals surface area contributed by atoms with Crippen LogP contribution in [0.25, 0.3) is 0 Å². The summed E-state index contributed by atoms with van der Waals surface area (Å²) in [5, 5.41) is 0. The van der Waals surface area contributed by atoms with Crippen molar-refractivity contribution in [3.63, 3.8) is 0 Å². The first-order chi connectivity index (χ1) is 11.3. The Balaban J connectivity index is 1.61. The minimum Gasteiger partial charge on any atom is -0.443 e. The second-order valence-corrected chi connectivity index (χ2v) is 8.50. The smallest absolute Gasteiger partial charge is 0.421 e. The number of fused-ring (bicyclic) bond motifs is 4. The van der Waals surface area contributed by atoms with Crippen molar-refractivity contribution >= 4 is 17.7 Å². The minimum absolute atomic E-state index is 0.107. The van der Waals surface area contributed by atoms with E-state index in [0.29, 0.717) is 5.69 Å². The standard InChI is InChI=1S/C19H21NO4/c1-16(2,3)23-15(22)20-13-7-5-4-6-12(13)19(14(20)21)17(8-9-17)18(24-19)10-11-18/h4-7H,8-11H2,1-3H3. The molecule has 0 radical (unpaired) electrons. The monoisotopic (exact) mass is 327 g/mol. The van der Waals surface area contributed by atoms with E-state index in [1.807, 2.05) is 24.3 Å². The molecule has 5 nitrogen and oxygen atoms in total. The number of anilines is 1. The molecule has 0 bridgehead atoms. The molecule has 1 atom stereocenters. The fraction of sp³-hybridized carbons (Fsp3) is 0.579. The molecule has 1 aromatic rings. The number of imide groups is 1. The summed E-state index contributed by atoms with van der Waals surface area (Å²) in [6, 6.07) is 7.48. The molecule has 3 spiro atoms. The zero-order valence-corrected chi connectivity index (χ0v) is 14.2. The van der Waals surface area contributed by atoms with Crippen LogP contribution in [0.3, 0.4) is 0 Å². The molecule has 126 valence electrons. The van der Waals surface area contributed by atoms with E-state index in [-0.39, 0.29) is 16.9 Å². The Morgan fingerprint density at radius 3 is 2.42 bits per heavy atom. The molecule has 5 rings (SSSR count). The van der Waals surface area contributed by atoms with Crippen LogP contribution in [0.4, 0.5) is 10.5 Å². The maximum absolute atomic E-state index is 13.4. The molecule has 1 unspecified atom stereocenters. The van der Waals surface area contributed by atoms with Crippen LogP contribution >= 0.6 is 0 Å². The number of nitrogens with zero attached hydrogens (tertiary/aromatic N) is 1. The maximum Gasteiger partial charge on any atom is 0.421 e. The number of benzene rings is 1. The van der Waals surface area contributed by atoms with Crippen molar-refractivity contribution < 1.29 is 19.1 Å². The predicted octanol–water partition coefficient (Wildman–Crippen LogP) is 3.51. The van der Waals surface area contributed by atoms with Crippen molar-refractivity contribution in [2.24, 2.45) is 5.41 Å². The third kappa shape index (κ3) is 1.41. The number of carbonyl (C=O) groups excluding carboxylic acids is 2. The summed E-state index contributed by atoms with van der Waals surface area (Å²) in [7, 11) is 0. The molecule has 2 heterocycles. The molecule has 2 aliphatic heterocycles. The summed E-state index contributed by atoms with van der Waals surface area (Å²) in [5.74, 6) is -0.270. The number of carbonyl (C=O) groups is 2. The SMILES string of the molecule is CC(C)(C)OC(=O)N1C(=O)C2(OC3(CC3)C23CC3)c2ccccc21. The topological polar surface area (TPSA) is 55.8 Å². The van der Waals surface area contributed by atoms with Gasteiger partial charge in [0.05, 0.1) is 11.3 Å². The van der Waals surface area contributed by atoms with Gasteiger partial charge in [-0.15, -0.1) is 0 Å². The average Bonchev–Trinajstić information content (AvgIpc) is 3.36. The highest BCUT2D eigenvalue weighted by molar-refractivity contribution is 6.21. The highest BCUT2D eigenvalue weighted by atomic mass is 16.6. The molecule has 0 N–H and O–H groups in total. The number of rotatable bonds is 0. The molecule has 5 heteroatoms. The van der Waals surface area contributed by atoms with E-state index >= 15 is 0 Å². The van der Waals surface area contributed by atoms with Crippen molar-refractivity contribution in [1.82, 2.24) is 0 Å². The molecule has 0 aromatic heterocycles. The summed E-state index contributed by atoms with van der Waals surface area (Å²) < 4.78 is 11.8. The summed E-state index contributed by atoms with van der Waals surface area (Å²) in [6.07, 6.45) is 3.42. The summed E-state index contributed by atoms with van der Waals surface area (Å²) in [6.45, 7) is 5.40. The average molecular weight is 327 g/mol. The molecular weight excluding hydrogens is 306 g/mol. The first-order valence-corrected chi connectivity index (χ1v) is 8.64. The lowest BCUT2D eigenvalue weighted by atomic mass is 9.68. The third-order valence-electron chi connectivity index (χ3n) is 5.95. The number of hydrogen-bond acceptors (Lipinski definition) is 4. The van der Waals surface area contributed by atoms with Gasteiger partial charge in [0.15, 0.2) is 5.60 Å². The van der Waals surface area contributed by atoms with Crippen molar-refractivity contribution in [1.29, 1.82) is 0 Å². The summed E-state index contributed by atoms with van der Waals surface area (Å²) >= 11 is 0. The molecule has 4 aliphatic rings. The molecule has 1 saturated heterocycles. The van der Waals surface area contributed by atoms with Gasteiger partial charge >= 0.3 is 6.09 Å². The fourth-order valence-electron chi connectivity index (χ4n) is 4.79. The van der Waals surface area contributed by atoms with Crippen LogP contribution in [0.2, 0.25) is 0 Å². The highest BCUT2D eigenvalue weighted by Gasteiger charge is 2.89. The summed E-state index contributed by atoms with van der Waals surface area (Å²) in [4.78, 5) is 27.3. The summed E-state index contributed by atoms with van der Waals surface area (Å²) in [5.41, 5.74) is -0.410. The lowest BCUT2D eigenvalue weighted by Crippen LogP contribution is -2.66. The molecule has 24 heavy (non-hydrogen) atoms. The van der Waals surface area contributed by atoms with E-state index in [0.717, 1.165) is 31.2 Å². The van der Waals surface area contributed by atoms with Crippen LogP contribution < -0.4 is 4.90 Å². The lowest BCUT2D eigenvalue weighted by Gasteiger charge is -2.54. The predicted molar refractivity (Wildman–Crippen MR) is 86.6 cm³/mol. The molecule has 2 amide bonds. The Bertz CT molecular complexity index is 785. The van der Waals surface area contributed by atoms with Crippen molar-refractivity contribution in [3.05, 3.63) is 29.8 Å². The zero-order chi connectivity index (χ0) is 17.0. The maximum atomic E-state index is 13.4. The Kier molecular flexibility index (Phi) is 2.32. The second-order valence-electron chi connectivity index (χ2n) is 8.50. The van der Waals surface area contributed by atoms with Crippen LogP contribution in [0, 0.1) is 5.41 Å². The lowest BCUT2D eigenvalue weighted by molar-refractivity contribution is -0.284. The van der Waals surface area contributed by atoms with Crippen LogP contribution in [-0.2, 0) is 19.9 Å². The van der Waals surface area contributed by atoms with Gasteiger partial charge in [0, 0.05) is 11.0 Å². The van der Waals surface area contributed by atoms with Crippen LogP contribution in [0.1, 0.15) is 52.0 Å². The molecule has 2 aliphatic carbocycles. The number of hydrogen-bond donors (Lipinski definition) is 0. The Labute approximate surface area is 140 Å². The number of amides is 2. The zero-order valence-electron chi connectivity index (χ0n) is 14.2. The van der Waals surface area contributed by atoms with Gasteiger partial charge in [-0.3, -0.25) is 4.79 Å². The van der Waals surface area contributed by atoms with Gasteiger partial charge < -0.3 is 9.47 Å². The van der Waals surface area contributed by atoms with E-state index in [4.69, 9.17) is 9.47 Å². The fourth-order valence-corrected chi connectivity index (χ4v) is 4.79. The van der Waals surface area contributed by atoms with Gasteiger partial charge in [-0.05, 0) is 52.5 Å². The molecular formula is C19H21NO4. The third-order valence-corrected chi connectivity index (χ3v) is 5.95. The van der Waals surface area contributed by atoms with Gasteiger partial charge in [0.25, 0.3) is 5.91 Å². The highest BCUT2D eigenvalue weighted by Crippen LogP contribution is 2.84. The Hall–Kier alpha value is -1.88. The van der Waals surface area contributed by atoms with E-state index in [1.165, 1.54) is 4.90 Å². The van der Waals surface area contributed by atoms with E-state index in [1.54, 1.807) is 20.8 Å². The molecule has 1 aromatic carbocycles. The van der Waals surface area contributed by atoms with Crippen molar-refractivity contribution in [2.75, 3.05) is 4.90 Å². The van der Waals surface area contributed by atoms with E-state index in [9.17, 15) is 9.59 Å².